The van der Waals surface area contributed by atoms with Crippen LogP contribution in [-0.4, -0.2) is 18.6 Å². The number of nitrogens with zero attached hydrogens (tertiary/aromatic N) is 2. The van der Waals surface area contributed by atoms with E-state index in [2.05, 4.69) is 14.9 Å². The van der Waals surface area contributed by atoms with Crippen molar-refractivity contribution in [2.24, 2.45) is 0 Å². The molecule has 9 heteroatoms. The lowest BCUT2D eigenvalue weighted by Gasteiger charge is -2.05. The molecule has 0 bridgehead atoms. The third kappa shape index (κ3) is 3.26. The maximum Gasteiger partial charge on any atom is 0.241 e. The van der Waals surface area contributed by atoms with Gasteiger partial charge in [0.25, 0.3) is 0 Å². The Kier molecular flexibility index (Phi) is 3.49. The molecule has 0 amide bonds. The Morgan fingerprint density at radius 1 is 1.42 bits per heavy atom. The van der Waals surface area contributed by atoms with Crippen molar-refractivity contribution in [3.05, 3.63) is 35.7 Å². The van der Waals surface area contributed by atoms with Gasteiger partial charge in [0.05, 0.1) is 11.4 Å². The molecule has 19 heavy (non-hydrogen) atoms. The van der Waals surface area contributed by atoms with E-state index in [9.17, 15) is 12.8 Å². The van der Waals surface area contributed by atoms with Crippen molar-refractivity contribution < 1.29 is 17.3 Å². The molecule has 7 nitrogen and oxygen atoms in total. The molecule has 3 N–H and O–H groups in total. The largest absolute Gasteiger partial charge is 0.399 e. The van der Waals surface area contributed by atoms with Crippen LogP contribution in [0.25, 0.3) is 0 Å². The third-order valence-corrected chi connectivity index (χ3v) is 3.57. The van der Waals surface area contributed by atoms with Gasteiger partial charge in [-0.3, -0.25) is 0 Å². The molecule has 0 radical (unpaired) electrons. The smallest absolute Gasteiger partial charge is 0.241 e. The molecule has 2 rings (SSSR count). The number of sulfonamides is 1. The van der Waals surface area contributed by atoms with Crippen molar-refractivity contribution in [1.29, 1.82) is 0 Å². The van der Waals surface area contributed by atoms with Crippen LogP contribution in [-0.2, 0) is 16.6 Å². The molecule has 0 atom stereocenters. The highest BCUT2D eigenvalue weighted by atomic mass is 32.2. The van der Waals surface area contributed by atoms with E-state index in [1.807, 2.05) is 0 Å². The number of hydrogen-bond acceptors (Lipinski definition) is 6. The standard InChI is InChI=1S/C10H11FN4O3S/c1-6-14-10(15-18-6)5-13-19(16,17)9-3-7(11)2-8(12)4-9/h2-4,13H,5,12H2,1H3. The highest BCUT2D eigenvalue weighted by Crippen LogP contribution is 2.15. The summed E-state index contributed by atoms with van der Waals surface area (Å²) < 4.78 is 43.8. The number of anilines is 1. The Bertz CT molecular complexity index is 678. The van der Waals surface area contributed by atoms with Crippen LogP contribution < -0.4 is 10.5 Å². The van der Waals surface area contributed by atoms with Crippen LogP contribution in [0.3, 0.4) is 0 Å². The summed E-state index contributed by atoms with van der Waals surface area (Å²) in [5, 5.41) is 3.54. The predicted molar refractivity (Wildman–Crippen MR) is 63.9 cm³/mol. The highest BCUT2D eigenvalue weighted by molar-refractivity contribution is 7.89. The fourth-order valence-corrected chi connectivity index (χ4v) is 2.44. The van der Waals surface area contributed by atoms with Crippen molar-refractivity contribution in [1.82, 2.24) is 14.9 Å². The monoisotopic (exact) mass is 286 g/mol. The van der Waals surface area contributed by atoms with Gasteiger partial charge in [0.1, 0.15) is 5.82 Å². The Morgan fingerprint density at radius 2 is 2.16 bits per heavy atom. The number of aromatic nitrogens is 2. The average molecular weight is 286 g/mol. The molecule has 0 saturated heterocycles. The number of hydrogen-bond donors (Lipinski definition) is 2. The van der Waals surface area contributed by atoms with E-state index in [0.717, 1.165) is 18.2 Å². The molecule has 0 aliphatic rings. The third-order valence-electron chi connectivity index (χ3n) is 2.19. The summed E-state index contributed by atoms with van der Waals surface area (Å²) in [7, 11) is -3.89. The molecule has 0 fully saturated rings. The number of nitrogens with two attached hydrogens (primary N) is 1. The summed E-state index contributed by atoms with van der Waals surface area (Å²) in [6, 6.07) is 3.06. The Balaban J connectivity index is 2.18. The van der Waals surface area contributed by atoms with Crippen molar-refractivity contribution >= 4 is 15.7 Å². The molecule has 0 unspecified atom stereocenters. The minimum atomic E-state index is -3.89. The summed E-state index contributed by atoms with van der Waals surface area (Å²) in [5.41, 5.74) is 5.42. The van der Waals surface area contributed by atoms with E-state index in [4.69, 9.17) is 10.3 Å². The molecule has 0 spiro atoms. The highest BCUT2D eigenvalue weighted by Gasteiger charge is 2.16. The zero-order valence-corrected chi connectivity index (χ0v) is 10.7. The first-order valence-electron chi connectivity index (χ1n) is 5.22. The second-order valence-electron chi connectivity index (χ2n) is 3.77. The van der Waals surface area contributed by atoms with Crippen LogP contribution in [0.5, 0.6) is 0 Å². The minimum absolute atomic E-state index is 0.0239. The lowest BCUT2D eigenvalue weighted by atomic mass is 10.3. The van der Waals surface area contributed by atoms with E-state index >= 15 is 0 Å². The second-order valence-corrected chi connectivity index (χ2v) is 5.54. The molecule has 1 heterocycles. The molecular formula is C10H11FN4O3S. The van der Waals surface area contributed by atoms with E-state index in [1.54, 1.807) is 6.92 Å². The molecule has 1 aromatic heterocycles. The first kappa shape index (κ1) is 13.4. The maximum atomic E-state index is 13.1. The van der Waals surface area contributed by atoms with Crippen molar-refractivity contribution in [2.45, 2.75) is 18.4 Å². The van der Waals surface area contributed by atoms with Gasteiger partial charge in [0.2, 0.25) is 15.9 Å². The van der Waals surface area contributed by atoms with Crippen LogP contribution in [0.2, 0.25) is 0 Å². The Morgan fingerprint density at radius 3 is 2.74 bits per heavy atom. The quantitative estimate of drug-likeness (QED) is 0.795. The molecule has 0 saturated carbocycles. The van der Waals surface area contributed by atoms with Crippen molar-refractivity contribution in [3.8, 4) is 0 Å². The van der Waals surface area contributed by atoms with Crippen LogP contribution in [0.1, 0.15) is 11.7 Å². The number of halogens is 1. The number of rotatable bonds is 4. The zero-order valence-electron chi connectivity index (χ0n) is 9.92. The summed E-state index contributed by atoms with van der Waals surface area (Å²) in [6.45, 7) is 1.42. The molecule has 2 aromatic rings. The summed E-state index contributed by atoms with van der Waals surface area (Å²) >= 11 is 0. The van der Waals surface area contributed by atoms with E-state index in [0.29, 0.717) is 5.89 Å². The summed E-state index contributed by atoms with van der Waals surface area (Å²) in [6.07, 6.45) is 0. The fraction of sp³-hybridized carbons (Fsp3) is 0.200. The van der Waals surface area contributed by atoms with Crippen LogP contribution in [0, 0.1) is 12.7 Å². The normalized spacial score (nSPS) is 11.7. The molecule has 0 aliphatic carbocycles. The lowest BCUT2D eigenvalue weighted by molar-refractivity contribution is 0.387. The number of nitrogens with one attached hydrogen (secondary N) is 1. The molecule has 0 aliphatic heterocycles. The molecule has 1 aromatic carbocycles. The van der Waals surface area contributed by atoms with Gasteiger partial charge in [0, 0.05) is 12.6 Å². The average Bonchev–Trinajstić information content (AvgIpc) is 2.71. The van der Waals surface area contributed by atoms with Gasteiger partial charge in [-0.25, -0.2) is 17.5 Å². The van der Waals surface area contributed by atoms with Gasteiger partial charge in [-0.2, -0.15) is 4.98 Å². The van der Waals surface area contributed by atoms with Crippen molar-refractivity contribution in [3.63, 3.8) is 0 Å². The summed E-state index contributed by atoms with van der Waals surface area (Å²) in [5.74, 6) is -0.217. The predicted octanol–water partition coefficient (Wildman–Crippen LogP) is 0.578. The second kappa shape index (κ2) is 4.94. The number of nitrogen functional groups attached to an aromatic ring is 1. The van der Waals surface area contributed by atoms with Gasteiger partial charge >= 0.3 is 0 Å². The van der Waals surface area contributed by atoms with Crippen LogP contribution >= 0.6 is 0 Å². The Hall–Kier alpha value is -2.00. The van der Waals surface area contributed by atoms with Crippen LogP contribution in [0.15, 0.2) is 27.6 Å². The zero-order chi connectivity index (χ0) is 14.0. The number of aryl methyl sites for hydroxylation is 1. The Labute approximate surface area is 108 Å². The van der Waals surface area contributed by atoms with E-state index < -0.39 is 15.8 Å². The number of benzene rings is 1. The van der Waals surface area contributed by atoms with Crippen molar-refractivity contribution in [2.75, 3.05) is 5.73 Å². The van der Waals surface area contributed by atoms with Crippen LogP contribution in [0.4, 0.5) is 10.1 Å². The maximum absolute atomic E-state index is 13.1. The lowest BCUT2D eigenvalue weighted by Crippen LogP contribution is -2.24. The van der Waals surface area contributed by atoms with Gasteiger partial charge < -0.3 is 10.3 Å². The van der Waals surface area contributed by atoms with Gasteiger partial charge in [0.15, 0.2) is 5.82 Å². The van der Waals surface area contributed by atoms with E-state index in [-0.39, 0.29) is 23.0 Å². The summed E-state index contributed by atoms with van der Waals surface area (Å²) in [4.78, 5) is 3.58. The first-order valence-corrected chi connectivity index (χ1v) is 6.70. The molecule has 102 valence electrons. The van der Waals surface area contributed by atoms with Gasteiger partial charge in [-0.05, 0) is 18.2 Å². The van der Waals surface area contributed by atoms with Gasteiger partial charge in [-0.15, -0.1) is 0 Å². The van der Waals surface area contributed by atoms with Gasteiger partial charge in [-0.1, -0.05) is 5.16 Å². The van der Waals surface area contributed by atoms with E-state index in [1.165, 1.54) is 0 Å². The topological polar surface area (TPSA) is 111 Å². The minimum Gasteiger partial charge on any atom is -0.399 e. The SMILES string of the molecule is Cc1nc(CNS(=O)(=O)c2cc(N)cc(F)c2)no1. The molecular weight excluding hydrogens is 275 g/mol. The first-order chi connectivity index (χ1) is 8.87. The fourth-order valence-electron chi connectivity index (χ4n) is 1.40.